The maximum Gasteiger partial charge on any atom is 0.265 e. The standard InChI is InChI=1S/C24H21FN4O3S/c1-15-5-9-18(10-6-15)33(31,32)28-13-11-20-22(19-4-3-12-26-23(19)28)27-29(24(20)30)21-14-17(25)8-7-16(21)2/h3-10,12,14,30H,11,13H2,1-2H3. The van der Waals surface area contributed by atoms with Crippen molar-refractivity contribution in [3.05, 3.63) is 83.3 Å². The van der Waals surface area contributed by atoms with Crippen molar-refractivity contribution in [3.8, 4) is 22.8 Å². The van der Waals surface area contributed by atoms with Crippen LogP contribution in [-0.4, -0.2) is 34.8 Å². The number of aryl methyl sites for hydroxylation is 2. The van der Waals surface area contributed by atoms with Crippen molar-refractivity contribution in [2.75, 3.05) is 10.8 Å². The van der Waals surface area contributed by atoms with E-state index < -0.39 is 15.8 Å². The highest BCUT2D eigenvalue weighted by atomic mass is 32.2. The van der Waals surface area contributed by atoms with Gasteiger partial charge in [0.1, 0.15) is 11.5 Å². The minimum Gasteiger partial charge on any atom is -0.493 e. The van der Waals surface area contributed by atoms with E-state index >= 15 is 0 Å². The van der Waals surface area contributed by atoms with Crippen LogP contribution in [-0.2, 0) is 16.4 Å². The van der Waals surface area contributed by atoms with E-state index in [0.717, 1.165) is 11.1 Å². The molecule has 0 spiro atoms. The molecule has 7 nitrogen and oxygen atoms in total. The summed E-state index contributed by atoms with van der Waals surface area (Å²) < 4.78 is 43.5. The van der Waals surface area contributed by atoms with Crippen LogP contribution in [0.3, 0.4) is 0 Å². The van der Waals surface area contributed by atoms with Crippen LogP contribution in [0.4, 0.5) is 10.2 Å². The van der Waals surface area contributed by atoms with Gasteiger partial charge in [-0.15, -0.1) is 0 Å². The van der Waals surface area contributed by atoms with Gasteiger partial charge in [0.05, 0.1) is 10.6 Å². The van der Waals surface area contributed by atoms with E-state index in [1.54, 1.807) is 49.4 Å². The minimum absolute atomic E-state index is 0.0641. The number of sulfonamides is 1. The molecule has 5 rings (SSSR count). The van der Waals surface area contributed by atoms with E-state index in [1.165, 1.54) is 27.3 Å². The van der Waals surface area contributed by atoms with Gasteiger partial charge < -0.3 is 5.11 Å². The number of rotatable bonds is 3. The summed E-state index contributed by atoms with van der Waals surface area (Å²) >= 11 is 0. The fourth-order valence-electron chi connectivity index (χ4n) is 4.04. The summed E-state index contributed by atoms with van der Waals surface area (Å²) in [5.74, 6) is -0.362. The fourth-order valence-corrected chi connectivity index (χ4v) is 5.48. The quantitative estimate of drug-likeness (QED) is 0.492. The first-order chi connectivity index (χ1) is 15.8. The van der Waals surface area contributed by atoms with Gasteiger partial charge in [0, 0.05) is 23.9 Å². The zero-order valence-electron chi connectivity index (χ0n) is 18.0. The number of fused-ring (bicyclic) bond motifs is 3. The molecule has 1 aliphatic rings. The minimum atomic E-state index is -3.89. The van der Waals surface area contributed by atoms with Crippen LogP contribution in [0.5, 0.6) is 5.88 Å². The number of aromatic hydroxyl groups is 1. The third kappa shape index (κ3) is 3.45. The number of nitrogens with zero attached hydrogens (tertiary/aromatic N) is 4. The van der Waals surface area contributed by atoms with Crippen molar-refractivity contribution in [2.45, 2.75) is 25.2 Å². The van der Waals surface area contributed by atoms with Crippen molar-refractivity contribution in [1.29, 1.82) is 0 Å². The Morgan fingerprint density at radius 2 is 1.82 bits per heavy atom. The van der Waals surface area contributed by atoms with Crippen LogP contribution in [0.1, 0.15) is 16.7 Å². The van der Waals surface area contributed by atoms with Crippen molar-refractivity contribution in [2.24, 2.45) is 0 Å². The van der Waals surface area contributed by atoms with Crippen LogP contribution in [0.2, 0.25) is 0 Å². The number of pyridine rings is 1. The van der Waals surface area contributed by atoms with Crippen LogP contribution in [0.15, 0.2) is 65.7 Å². The molecule has 0 unspecified atom stereocenters. The molecule has 1 aliphatic heterocycles. The zero-order valence-corrected chi connectivity index (χ0v) is 18.8. The van der Waals surface area contributed by atoms with E-state index in [2.05, 4.69) is 10.1 Å². The molecule has 168 valence electrons. The first-order valence-corrected chi connectivity index (χ1v) is 11.8. The van der Waals surface area contributed by atoms with Gasteiger partial charge >= 0.3 is 0 Å². The number of benzene rings is 2. The molecule has 0 bridgehead atoms. The van der Waals surface area contributed by atoms with Crippen LogP contribution in [0, 0.1) is 19.7 Å². The van der Waals surface area contributed by atoms with Crippen LogP contribution in [0.25, 0.3) is 16.9 Å². The topological polar surface area (TPSA) is 88.3 Å². The van der Waals surface area contributed by atoms with Crippen LogP contribution >= 0.6 is 0 Å². The van der Waals surface area contributed by atoms with Crippen molar-refractivity contribution >= 4 is 15.8 Å². The molecule has 0 saturated heterocycles. The van der Waals surface area contributed by atoms with Gasteiger partial charge in [0.15, 0.2) is 5.82 Å². The lowest BCUT2D eigenvalue weighted by Gasteiger charge is -2.23. The normalized spacial score (nSPS) is 13.4. The molecule has 1 N–H and O–H groups in total. The lowest BCUT2D eigenvalue weighted by Crippen LogP contribution is -2.33. The molecular weight excluding hydrogens is 443 g/mol. The molecule has 0 aliphatic carbocycles. The Hall–Kier alpha value is -3.72. The summed E-state index contributed by atoms with van der Waals surface area (Å²) in [6.45, 7) is 3.75. The Morgan fingerprint density at radius 3 is 2.58 bits per heavy atom. The van der Waals surface area contributed by atoms with E-state index in [0.29, 0.717) is 22.5 Å². The molecular formula is C24H21FN4O3S. The van der Waals surface area contributed by atoms with Gasteiger partial charge in [-0.1, -0.05) is 23.8 Å². The first kappa shape index (κ1) is 21.1. The van der Waals surface area contributed by atoms with Gasteiger partial charge in [-0.3, -0.25) is 0 Å². The predicted molar refractivity (Wildman–Crippen MR) is 123 cm³/mol. The lowest BCUT2D eigenvalue weighted by molar-refractivity contribution is 0.427. The van der Waals surface area contributed by atoms with Gasteiger partial charge in [-0.05, 0) is 62.2 Å². The smallest absolute Gasteiger partial charge is 0.265 e. The van der Waals surface area contributed by atoms with Crippen molar-refractivity contribution in [3.63, 3.8) is 0 Å². The molecule has 0 amide bonds. The van der Waals surface area contributed by atoms with Gasteiger partial charge in [-0.2, -0.15) is 9.78 Å². The summed E-state index contributed by atoms with van der Waals surface area (Å²) in [5.41, 5.74) is 3.48. The fraction of sp³-hybridized carbons (Fsp3) is 0.167. The Kier molecular flexibility index (Phi) is 4.93. The second kappa shape index (κ2) is 7.70. The van der Waals surface area contributed by atoms with Gasteiger partial charge in [0.2, 0.25) is 5.88 Å². The predicted octanol–water partition coefficient (Wildman–Crippen LogP) is 4.15. The molecule has 33 heavy (non-hydrogen) atoms. The molecule has 0 radical (unpaired) electrons. The molecule has 0 saturated carbocycles. The second-order valence-corrected chi connectivity index (χ2v) is 9.87. The Bertz CT molecular complexity index is 1480. The third-order valence-electron chi connectivity index (χ3n) is 5.81. The maximum absolute atomic E-state index is 13.9. The average Bonchev–Trinajstić information content (AvgIpc) is 3.02. The number of hydrogen-bond donors (Lipinski definition) is 1. The molecule has 0 atom stereocenters. The largest absolute Gasteiger partial charge is 0.493 e. The van der Waals surface area contributed by atoms with Crippen molar-refractivity contribution in [1.82, 2.24) is 14.8 Å². The molecule has 2 aromatic heterocycles. The SMILES string of the molecule is Cc1ccc(S(=O)(=O)N2CCc3c(nn(-c4cc(F)ccc4C)c3O)-c3cccnc32)cc1. The van der Waals surface area contributed by atoms with E-state index in [1.807, 2.05) is 6.92 Å². The first-order valence-electron chi connectivity index (χ1n) is 10.4. The molecule has 2 aromatic carbocycles. The average molecular weight is 465 g/mol. The van der Waals surface area contributed by atoms with Gasteiger partial charge in [0.25, 0.3) is 10.0 Å². The van der Waals surface area contributed by atoms with Gasteiger partial charge in [-0.25, -0.2) is 22.1 Å². The molecule has 3 heterocycles. The Balaban J connectivity index is 1.67. The zero-order chi connectivity index (χ0) is 23.3. The molecule has 9 heteroatoms. The van der Waals surface area contributed by atoms with Crippen LogP contribution < -0.4 is 4.31 Å². The Morgan fingerprint density at radius 1 is 1.06 bits per heavy atom. The summed E-state index contributed by atoms with van der Waals surface area (Å²) in [6.07, 6.45) is 1.73. The summed E-state index contributed by atoms with van der Waals surface area (Å²) in [6, 6.07) is 14.3. The Labute approximate surface area is 190 Å². The van der Waals surface area contributed by atoms with E-state index in [4.69, 9.17) is 0 Å². The number of halogens is 1. The number of anilines is 1. The lowest BCUT2D eigenvalue weighted by atomic mass is 10.1. The highest BCUT2D eigenvalue weighted by molar-refractivity contribution is 7.92. The van der Waals surface area contributed by atoms with E-state index in [-0.39, 0.29) is 29.6 Å². The summed E-state index contributed by atoms with van der Waals surface area (Å²) in [4.78, 5) is 4.53. The highest BCUT2D eigenvalue weighted by Gasteiger charge is 2.34. The third-order valence-corrected chi connectivity index (χ3v) is 7.61. The summed E-state index contributed by atoms with van der Waals surface area (Å²) in [7, 11) is -3.89. The highest BCUT2D eigenvalue weighted by Crippen LogP contribution is 2.41. The van der Waals surface area contributed by atoms with E-state index in [9.17, 15) is 17.9 Å². The maximum atomic E-state index is 13.9. The molecule has 0 fully saturated rings. The van der Waals surface area contributed by atoms with Crippen molar-refractivity contribution < 1.29 is 17.9 Å². The number of aromatic nitrogens is 3. The number of hydrogen-bond acceptors (Lipinski definition) is 5. The monoisotopic (exact) mass is 464 g/mol. The summed E-state index contributed by atoms with van der Waals surface area (Å²) in [5, 5.41) is 15.6. The second-order valence-electron chi connectivity index (χ2n) is 8.01. The molecule has 4 aromatic rings.